The van der Waals surface area contributed by atoms with Gasteiger partial charge in [-0.2, -0.15) is 0 Å². The lowest BCUT2D eigenvalue weighted by Crippen LogP contribution is -2.61. The molecule has 3 saturated carbocycles. The van der Waals surface area contributed by atoms with Crippen molar-refractivity contribution in [2.24, 2.45) is 28.6 Å². The van der Waals surface area contributed by atoms with Crippen LogP contribution >= 0.6 is 0 Å². The molecule has 0 unspecified atom stereocenters. The summed E-state index contributed by atoms with van der Waals surface area (Å²) in [5, 5.41) is 20.5. The Bertz CT molecular complexity index is 788. The summed E-state index contributed by atoms with van der Waals surface area (Å²) in [6.45, 7) is 4.95. The van der Waals surface area contributed by atoms with Crippen LogP contribution in [0.2, 0.25) is 0 Å². The van der Waals surface area contributed by atoms with E-state index in [1.165, 1.54) is 13.0 Å². The molecule has 0 radical (unpaired) electrons. The van der Waals surface area contributed by atoms with Crippen molar-refractivity contribution in [1.82, 2.24) is 0 Å². The van der Waals surface area contributed by atoms with E-state index in [0.29, 0.717) is 25.7 Å². The summed E-state index contributed by atoms with van der Waals surface area (Å²) < 4.78 is 11.0. The van der Waals surface area contributed by atoms with Gasteiger partial charge >= 0.3 is 11.9 Å². The minimum Gasteiger partial charge on any atom is -0.462 e. The minimum atomic E-state index is -1.32. The van der Waals surface area contributed by atoms with Gasteiger partial charge in [0.25, 0.3) is 0 Å². The zero-order valence-corrected chi connectivity index (χ0v) is 17.3. The first-order valence-electron chi connectivity index (χ1n) is 10.5. The normalized spacial score (nSPS) is 46.0. The second-order valence-electron chi connectivity index (χ2n) is 9.75. The van der Waals surface area contributed by atoms with Gasteiger partial charge in [0.05, 0.1) is 6.10 Å². The highest BCUT2D eigenvalue weighted by Crippen LogP contribution is 2.67. The van der Waals surface area contributed by atoms with Crippen LogP contribution < -0.4 is 0 Å². The molecule has 7 heteroatoms. The van der Waals surface area contributed by atoms with E-state index in [9.17, 15) is 24.6 Å². The molecular formula is C22H30O7. The summed E-state index contributed by atoms with van der Waals surface area (Å²) in [7, 11) is 0. The van der Waals surface area contributed by atoms with Gasteiger partial charge in [0.2, 0.25) is 5.78 Å². The summed E-state index contributed by atoms with van der Waals surface area (Å²) >= 11 is 0. The number of aliphatic hydroxyl groups excluding tert-OH is 2. The lowest BCUT2D eigenvalue weighted by molar-refractivity contribution is -0.192. The second kappa shape index (κ2) is 6.64. The summed E-state index contributed by atoms with van der Waals surface area (Å²) in [6, 6.07) is 0. The number of Topliss-reactive ketones (excluding diaryl/α,β-unsaturated/α-hetero) is 1. The third-order valence-electron chi connectivity index (χ3n) is 8.59. The van der Waals surface area contributed by atoms with Crippen molar-refractivity contribution in [3.05, 3.63) is 11.6 Å². The number of esters is 2. The molecule has 0 spiro atoms. The summed E-state index contributed by atoms with van der Waals surface area (Å²) in [5.74, 6) is -0.963. The van der Waals surface area contributed by atoms with Crippen LogP contribution in [0.15, 0.2) is 11.6 Å². The average Bonchev–Trinajstić information content (AvgIpc) is 2.95. The topological polar surface area (TPSA) is 110 Å². The third kappa shape index (κ3) is 2.66. The molecule has 0 aromatic carbocycles. The Kier molecular flexibility index (Phi) is 4.70. The van der Waals surface area contributed by atoms with Crippen LogP contribution in [0.3, 0.4) is 0 Å². The molecule has 0 aromatic rings. The van der Waals surface area contributed by atoms with Crippen molar-refractivity contribution in [1.29, 1.82) is 0 Å². The van der Waals surface area contributed by atoms with Gasteiger partial charge < -0.3 is 19.7 Å². The molecule has 0 bridgehead atoms. The molecule has 2 N–H and O–H groups in total. The number of carbonyl (C=O) groups is 3. The van der Waals surface area contributed by atoms with Gasteiger partial charge in [0, 0.05) is 23.8 Å². The standard InChI is InChI=1S/C22H30O7/c1-12(24)29-22(18(26)10-23)7-5-15-13-8-17(25)16-9-19(27)28-11-20(16,2)14(13)4-6-21(15,22)3/h9,13-15,17,23,25H,4-8,10-11H2,1-3H3/t13-,14+,15+,17-,20-,21+,22+/m1/s1. The number of hydrogen-bond acceptors (Lipinski definition) is 7. The van der Waals surface area contributed by atoms with Gasteiger partial charge in [-0.3, -0.25) is 9.59 Å². The number of cyclic esters (lactones) is 1. The number of ketones is 1. The van der Waals surface area contributed by atoms with E-state index in [0.717, 1.165) is 12.0 Å². The molecule has 160 valence electrons. The van der Waals surface area contributed by atoms with Crippen molar-refractivity contribution in [3.63, 3.8) is 0 Å². The fraction of sp³-hybridized carbons (Fsp3) is 0.773. The van der Waals surface area contributed by atoms with Crippen LogP contribution in [0.5, 0.6) is 0 Å². The fourth-order valence-corrected chi connectivity index (χ4v) is 7.28. The van der Waals surface area contributed by atoms with Crippen molar-refractivity contribution >= 4 is 17.7 Å². The molecule has 0 amide bonds. The molecule has 0 aromatic heterocycles. The summed E-state index contributed by atoms with van der Waals surface area (Å²) in [4.78, 5) is 36.5. The van der Waals surface area contributed by atoms with Crippen molar-refractivity contribution in [2.75, 3.05) is 13.2 Å². The molecule has 7 nitrogen and oxygen atoms in total. The maximum absolute atomic E-state index is 12.8. The Labute approximate surface area is 170 Å². The van der Waals surface area contributed by atoms with Crippen LogP contribution in [-0.2, 0) is 23.9 Å². The number of fused-ring (bicyclic) bond motifs is 5. The van der Waals surface area contributed by atoms with Crippen molar-refractivity contribution < 1.29 is 34.1 Å². The van der Waals surface area contributed by atoms with Gasteiger partial charge in [0.15, 0.2) is 5.60 Å². The molecule has 0 saturated heterocycles. The summed E-state index contributed by atoms with van der Waals surface area (Å²) in [6.07, 6.45) is 3.77. The number of carbonyl (C=O) groups excluding carboxylic acids is 3. The maximum Gasteiger partial charge on any atom is 0.330 e. The Hall–Kier alpha value is -1.73. The van der Waals surface area contributed by atoms with E-state index < -0.39 is 46.9 Å². The first-order chi connectivity index (χ1) is 13.6. The molecule has 4 aliphatic rings. The lowest BCUT2D eigenvalue weighted by atomic mass is 9.47. The highest BCUT2D eigenvalue weighted by Gasteiger charge is 2.69. The van der Waals surface area contributed by atoms with Crippen molar-refractivity contribution in [2.45, 2.75) is 64.6 Å². The Morgan fingerprint density at radius 2 is 1.93 bits per heavy atom. The van der Waals surface area contributed by atoms with Gasteiger partial charge in [-0.25, -0.2) is 4.79 Å². The number of aliphatic hydroxyl groups is 2. The van der Waals surface area contributed by atoms with E-state index in [2.05, 4.69) is 6.92 Å². The van der Waals surface area contributed by atoms with E-state index in [4.69, 9.17) is 9.47 Å². The highest BCUT2D eigenvalue weighted by atomic mass is 16.6. The second-order valence-corrected chi connectivity index (χ2v) is 9.75. The fourth-order valence-electron chi connectivity index (χ4n) is 7.28. The largest absolute Gasteiger partial charge is 0.462 e. The average molecular weight is 406 g/mol. The molecule has 3 aliphatic carbocycles. The van der Waals surface area contributed by atoms with E-state index in [1.807, 2.05) is 6.92 Å². The molecule has 7 atom stereocenters. The number of rotatable bonds is 3. The van der Waals surface area contributed by atoms with Crippen LogP contribution in [0.1, 0.15) is 52.9 Å². The van der Waals surface area contributed by atoms with Gasteiger partial charge in [0.1, 0.15) is 13.2 Å². The quantitative estimate of drug-likeness (QED) is 0.684. The predicted molar refractivity (Wildman–Crippen MR) is 101 cm³/mol. The van der Waals surface area contributed by atoms with Gasteiger partial charge in [-0.05, 0) is 55.4 Å². The molecule has 3 fully saturated rings. The van der Waals surface area contributed by atoms with E-state index in [-0.39, 0.29) is 24.4 Å². The maximum atomic E-state index is 12.8. The van der Waals surface area contributed by atoms with Crippen LogP contribution in [0.25, 0.3) is 0 Å². The molecule has 4 rings (SSSR count). The number of hydrogen-bond donors (Lipinski definition) is 2. The van der Waals surface area contributed by atoms with Crippen LogP contribution in [0.4, 0.5) is 0 Å². The molecule has 1 heterocycles. The zero-order valence-electron chi connectivity index (χ0n) is 17.3. The smallest absolute Gasteiger partial charge is 0.330 e. The zero-order chi connectivity index (χ0) is 21.2. The third-order valence-corrected chi connectivity index (χ3v) is 8.59. The predicted octanol–water partition coefficient (Wildman–Crippen LogP) is 1.55. The first kappa shape index (κ1) is 20.5. The molecule has 1 aliphatic heterocycles. The van der Waals surface area contributed by atoms with E-state index >= 15 is 0 Å². The van der Waals surface area contributed by atoms with Gasteiger partial charge in [-0.15, -0.1) is 0 Å². The van der Waals surface area contributed by atoms with Crippen molar-refractivity contribution in [3.8, 4) is 0 Å². The minimum absolute atomic E-state index is 0.0711. The number of ether oxygens (including phenoxy) is 2. The molecule has 29 heavy (non-hydrogen) atoms. The Morgan fingerprint density at radius 3 is 2.59 bits per heavy atom. The van der Waals surface area contributed by atoms with Crippen LogP contribution in [0, 0.1) is 28.6 Å². The Balaban J connectivity index is 1.74. The SMILES string of the molecule is CC(=O)O[C@]1(C(=O)CO)CC[C@H]2[C@@H]3C[C@@H](O)C4=CC(=O)OC[C@]4(C)[C@H]3CC[C@@]21C. The molecular weight excluding hydrogens is 376 g/mol. The summed E-state index contributed by atoms with van der Waals surface area (Å²) in [5.41, 5.74) is -1.58. The lowest BCUT2D eigenvalue weighted by Gasteiger charge is -2.59. The monoisotopic (exact) mass is 406 g/mol. The van der Waals surface area contributed by atoms with Crippen LogP contribution in [-0.4, -0.2) is 52.9 Å². The van der Waals surface area contributed by atoms with E-state index in [1.54, 1.807) is 0 Å². The highest BCUT2D eigenvalue weighted by molar-refractivity contribution is 5.92. The first-order valence-corrected chi connectivity index (χ1v) is 10.5. The van der Waals surface area contributed by atoms with Gasteiger partial charge in [-0.1, -0.05) is 13.8 Å². The Morgan fingerprint density at radius 1 is 1.24 bits per heavy atom.